The summed E-state index contributed by atoms with van der Waals surface area (Å²) < 4.78 is 6.17. The summed E-state index contributed by atoms with van der Waals surface area (Å²) in [6.07, 6.45) is 3.97. The maximum atomic E-state index is 6.17. The van der Waals surface area contributed by atoms with Gasteiger partial charge >= 0.3 is 0 Å². The number of likely N-dealkylation sites (tertiary alicyclic amines) is 1. The van der Waals surface area contributed by atoms with Crippen LogP contribution in [0.2, 0.25) is 0 Å². The molecule has 1 aliphatic carbocycles. The number of hydrogen-bond donors (Lipinski definition) is 1. The summed E-state index contributed by atoms with van der Waals surface area (Å²) >= 11 is 0. The van der Waals surface area contributed by atoms with E-state index in [0.29, 0.717) is 0 Å². The van der Waals surface area contributed by atoms with Crippen LogP contribution < -0.4 is 5.32 Å². The van der Waals surface area contributed by atoms with Gasteiger partial charge < -0.3 is 9.73 Å². The summed E-state index contributed by atoms with van der Waals surface area (Å²) in [6, 6.07) is 9.19. The van der Waals surface area contributed by atoms with Crippen molar-refractivity contribution in [2.45, 2.75) is 45.3 Å². The Labute approximate surface area is 126 Å². The molecular weight excluding hydrogens is 260 g/mol. The maximum absolute atomic E-state index is 6.17. The van der Waals surface area contributed by atoms with Gasteiger partial charge in [0.15, 0.2) is 0 Å². The van der Waals surface area contributed by atoms with E-state index in [1.54, 1.807) is 0 Å². The van der Waals surface area contributed by atoms with Crippen molar-refractivity contribution in [3.05, 3.63) is 35.6 Å². The van der Waals surface area contributed by atoms with E-state index >= 15 is 0 Å². The highest BCUT2D eigenvalue weighted by molar-refractivity contribution is 5.82. The van der Waals surface area contributed by atoms with Crippen LogP contribution in [0.25, 0.3) is 11.0 Å². The number of furan rings is 1. The molecule has 112 valence electrons. The van der Waals surface area contributed by atoms with Crippen LogP contribution in [0.1, 0.15) is 37.5 Å². The van der Waals surface area contributed by atoms with E-state index in [1.165, 1.54) is 49.1 Å². The van der Waals surface area contributed by atoms with E-state index in [2.05, 4.69) is 41.4 Å². The van der Waals surface area contributed by atoms with Gasteiger partial charge in [0.2, 0.25) is 0 Å². The molecule has 0 spiro atoms. The molecule has 1 aliphatic heterocycles. The van der Waals surface area contributed by atoms with Gasteiger partial charge in [-0.05, 0) is 37.8 Å². The molecule has 1 atom stereocenters. The Bertz CT molecular complexity index is 629. The minimum Gasteiger partial charge on any atom is -0.459 e. The summed E-state index contributed by atoms with van der Waals surface area (Å²) in [4.78, 5) is 2.53. The van der Waals surface area contributed by atoms with Crippen LogP contribution in [0.3, 0.4) is 0 Å². The molecule has 1 N–H and O–H groups in total. The molecule has 2 aliphatic rings. The summed E-state index contributed by atoms with van der Waals surface area (Å²) in [5.41, 5.74) is 2.41. The molecular formula is C18H24N2O. The molecule has 4 rings (SSSR count). The van der Waals surface area contributed by atoms with Crippen molar-refractivity contribution in [1.29, 1.82) is 0 Å². The second-order valence-corrected chi connectivity index (χ2v) is 6.78. The highest BCUT2D eigenvalue weighted by Crippen LogP contribution is 2.29. The van der Waals surface area contributed by atoms with Gasteiger partial charge in [0.1, 0.15) is 11.3 Å². The largest absolute Gasteiger partial charge is 0.459 e. The van der Waals surface area contributed by atoms with Crippen LogP contribution in [-0.2, 0) is 13.1 Å². The van der Waals surface area contributed by atoms with Crippen LogP contribution >= 0.6 is 0 Å². The van der Waals surface area contributed by atoms with Crippen molar-refractivity contribution < 1.29 is 4.42 Å². The standard InChI is InChI=1S/C18H24N2O/c1-13-8-9-20(11-13)12-18-16(10-19-14-6-7-14)15-4-2-3-5-17(15)21-18/h2-5,13-14,19H,6-12H2,1H3. The highest BCUT2D eigenvalue weighted by atomic mass is 16.3. The average Bonchev–Trinajstić information content (AvgIpc) is 3.13. The molecule has 2 heterocycles. The first-order valence-electron chi connectivity index (χ1n) is 8.24. The molecule has 3 nitrogen and oxygen atoms in total. The zero-order chi connectivity index (χ0) is 14.2. The SMILES string of the molecule is CC1CCN(Cc2oc3ccccc3c2CNC2CC2)C1. The van der Waals surface area contributed by atoms with Crippen LogP contribution in [0, 0.1) is 5.92 Å². The number of hydrogen-bond acceptors (Lipinski definition) is 3. The zero-order valence-corrected chi connectivity index (χ0v) is 12.8. The number of benzene rings is 1. The molecule has 1 aromatic carbocycles. The monoisotopic (exact) mass is 284 g/mol. The second kappa shape index (κ2) is 5.47. The number of fused-ring (bicyclic) bond motifs is 1. The van der Waals surface area contributed by atoms with Crippen LogP contribution in [-0.4, -0.2) is 24.0 Å². The third-order valence-electron chi connectivity index (χ3n) is 4.80. The number of nitrogens with one attached hydrogen (secondary N) is 1. The molecule has 1 saturated carbocycles. The minimum atomic E-state index is 0.735. The lowest BCUT2D eigenvalue weighted by Crippen LogP contribution is -2.21. The lowest BCUT2D eigenvalue weighted by Gasteiger charge is -2.14. The fourth-order valence-corrected chi connectivity index (χ4v) is 3.38. The van der Waals surface area contributed by atoms with Gasteiger partial charge in [-0.2, -0.15) is 0 Å². The van der Waals surface area contributed by atoms with Gasteiger partial charge in [0.25, 0.3) is 0 Å². The van der Waals surface area contributed by atoms with Gasteiger partial charge in [0.05, 0.1) is 6.54 Å². The van der Waals surface area contributed by atoms with Crippen molar-refractivity contribution in [2.24, 2.45) is 5.92 Å². The van der Waals surface area contributed by atoms with E-state index < -0.39 is 0 Å². The molecule has 2 aromatic rings. The zero-order valence-electron chi connectivity index (χ0n) is 12.8. The Morgan fingerprint density at radius 3 is 2.86 bits per heavy atom. The van der Waals surface area contributed by atoms with Crippen LogP contribution in [0.4, 0.5) is 0 Å². The van der Waals surface area contributed by atoms with Crippen molar-refractivity contribution in [3.8, 4) is 0 Å². The molecule has 1 saturated heterocycles. The average molecular weight is 284 g/mol. The van der Waals surface area contributed by atoms with E-state index in [9.17, 15) is 0 Å². The molecule has 2 fully saturated rings. The summed E-state index contributed by atoms with van der Waals surface area (Å²) in [6.45, 7) is 6.65. The predicted octanol–water partition coefficient (Wildman–Crippen LogP) is 3.53. The fraction of sp³-hybridized carbons (Fsp3) is 0.556. The number of nitrogens with zero attached hydrogens (tertiary/aromatic N) is 1. The van der Waals surface area contributed by atoms with Gasteiger partial charge in [-0.15, -0.1) is 0 Å². The number of rotatable bonds is 5. The molecule has 21 heavy (non-hydrogen) atoms. The third-order valence-corrected chi connectivity index (χ3v) is 4.80. The Kier molecular flexibility index (Phi) is 3.48. The highest BCUT2D eigenvalue weighted by Gasteiger charge is 2.24. The topological polar surface area (TPSA) is 28.4 Å². The lowest BCUT2D eigenvalue weighted by atomic mass is 10.1. The maximum Gasteiger partial charge on any atom is 0.134 e. The first-order chi connectivity index (χ1) is 10.3. The Morgan fingerprint density at radius 1 is 1.24 bits per heavy atom. The molecule has 3 heteroatoms. The molecule has 0 amide bonds. The van der Waals surface area contributed by atoms with Crippen molar-refractivity contribution in [1.82, 2.24) is 10.2 Å². The Balaban J connectivity index is 1.60. The summed E-state index contributed by atoms with van der Waals surface area (Å²) in [5.74, 6) is 1.99. The smallest absolute Gasteiger partial charge is 0.134 e. The predicted molar refractivity (Wildman–Crippen MR) is 85.1 cm³/mol. The molecule has 1 aromatic heterocycles. The normalized spacial score (nSPS) is 23.2. The summed E-state index contributed by atoms with van der Waals surface area (Å²) in [7, 11) is 0. The second-order valence-electron chi connectivity index (χ2n) is 6.78. The lowest BCUT2D eigenvalue weighted by molar-refractivity contribution is 0.291. The molecule has 1 unspecified atom stereocenters. The quantitative estimate of drug-likeness (QED) is 0.910. The Hall–Kier alpha value is -1.32. The fourth-order valence-electron chi connectivity index (χ4n) is 3.38. The van der Waals surface area contributed by atoms with Crippen molar-refractivity contribution in [3.63, 3.8) is 0 Å². The van der Waals surface area contributed by atoms with Crippen LogP contribution in [0.5, 0.6) is 0 Å². The Morgan fingerprint density at radius 2 is 2.10 bits per heavy atom. The first-order valence-corrected chi connectivity index (χ1v) is 8.24. The van der Waals surface area contributed by atoms with Crippen LogP contribution in [0.15, 0.2) is 28.7 Å². The van der Waals surface area contributed by atoms with Crippen molar-refractivity contribution in [2.75, 3.05) is 13.1 Å². The van der Waals surface area contributed by atoms with E-state index in [0.717, 1.165) is 30.6 Å². The molecule has 0 radical (unpaired) electrons. The summed E-state index contributed by atoms with van der Waals surface area (Å²) in [5, 5.41) is 4.93. The number of para-hydroxylation sites is 1. The van der Waals surface area contributed by atoms with E-state index in [1.807, 2.05) is 0 Å². The van der Waals surface area contributed by atoms with Gasteiger partial charge in [-0.1, -0.05) is 25.1 Å². The van der Waals surface area contributed by atoms with Gasteiger partial charge in [-0.25, -0.2) is 0 Å². The molecule has 0 bridgehead atoms. The van der Waals surface area contributed by atoms with E-state index in [4.69, 9.17) is 4.42 Å². The van der Waals surface area contributed by atoms with E-state index in [-0.39, 0.29) is 0 Å². The van der Waals surface area contributed by atoms with Crippen molar-refractivity contribution >= 4 is 11.0 Å². The van der Waals surface area contributed by atoms with Gasteiger partial charge in [0, 0.05) is 30.1 Å². The minimum absolute atomic E-state index is 0.735. The third kappa shape index (κ3) is 2.85. The van der Waals surface area contributed by atoms with Gasteiger partial charge in [-0.3, -0.25) is 4.90 Å². The first kappa shape index (κ1) is 13.4.